The molecule has 0 saturated carbocycles. The molecule has 0 bridgehead atoms. The van der Waals surface area contributed by atoms with Crippen molar-refractivity contribution in [3.05, 3.63) is 52.0 Å². The molecule has 0 radical (unpaired) electrons. The van der Waals surface area contributed by atoms with E-state index >= 15 is 0 Å². The van der Waals surface area contributed by atoms with E-state index in [1.807, 2.05) is 10.6 Å². The summed E-state index contributed by atoms with van der Waals surface area (Å²) >= 11 is 12.6. The molecule has 0 N–H and O–H groups in total. The molecule has 4 nitrogen and oxygen atoms in total. The Balaban J connectivity index is 1.84. The molecule has 2 aromatic heterocycles. The van der Waals surface area contributed by atoms with Gasteiger partial charge in [-0.05, 0) is 46.9 Å². The summed E-state index contributed by atoms with van der Waals surface area (Å²) in [4.78, 5) is 7.21. The minimum atomic E-state index is -0.436. The van der Waals surface area contributed by atoms with Crippen molar-refractivity contribution in [2.45, 2.75) is 17.4 Å². The minimum absolute atomic E-state index is 0.00868. The molecule has 3 heterocycles. The van der Waals surface area contributed by atoms with Crippen molar-refractivity contribution < 1.29 is 9.13 Å². The number of pyridine rings is 1. The standard InChI is InChI=1S/C19H17Cl3FN3OS/c1-25-4-5-27-12(10-25)7-16-19(24-18-6-11(20)2-3-26(16)18)13-8-15(23)17(28-22)9-14(13)21/h2-3,6,8-9,12H,4-5,7,10H2,1H3. The second-order valence-corrected chi connectivity index (χ2v) is 8.68. The summed E-state index contributed by atoms with van der Waals surface area (Å²) in [6.45, 7) is 2.39. The van der Waals surface area contributed by atoms with Crippen LogP contribution in [0, 0.1) is 5.82 Å². The van der Waals surface area contributed by atoms with E-state index in [1.54, 1.807) is 12.1 Å². The predicted molar refractivity (Wildman–Crippen MR) is 113 cm³/mol. The normalized spacial score (nSPS) is 18.1. The van der Waals surface area contributed by atoms with E-state index in [2.05, 4.69) is 11.9 Å². The fourth-order valence-corrected chi connectivity index (χ4v) is 4.58. The Hall–Kier alpha value is -1.02. The van der Waals surface area contributed by atoms with Gasteiger partial charge in [0, 0.05) is 42.4 Å². The van der Waals surface area contributed by atoms with Crippen molar-refractivity contribution in [3.63, 3.8) is 0 Å². The van der Waals surface area contributed by atoms with Gasteiger partial charge in [0.1, 0.15) is 11.5 Å². The summed E-state index contributed by atoms with van der Waals surface area (Å²) in [6, 6.07) is 6.48. The second-order valence-electron chi connectivity index (χ2n) is 6.78. The lowest BCUT2D eigenvalue weighted by atomic mass is 10.0. The van der Waals surface area contributed by atoms with Gasteiger partial charge in [0.15, 0.2) is 0 Å². The molecule has 1 unspecified atom stereocenters. The Bertz CT molecular complexity index is 1030. The fraction of sp³-hybridized carbons (Fsp3) is 0.316. The van der Waals surface area contributed by atoms with Crippen LogP contribution in [0.3, 0.4) is 0 Å². The van der Waals surface area contributed by atoms with E-state index < -0.39 is 5.82 Å². The summed E-state index contributed by atoms with van der Waals surface area (Å²) in [5.41, 5.74) is 2.72. The maximum Gasteiger partial charge on any atom is 0.139 e. The van der Waals surface area contributed by atoms with Crippen LogP contribution >= 0.6 is 44.9 Å². The molecule has 28 heavy (non-hydrogen) atoms. The Kier molecular flexibility index (Phi) is 6.06. The van der Waals surface area contributed by atoms with E-state index in [4.69, 9.17) is 43.6 Å². The zero-order chi connectivity index (χ0) is 19.8. The van der Waals surface area contributed by atoms with Crippen molar-refractivity contribution in [1.82, 2.24) is 14.3 Å². The molecule has 1 fully saturated rings. The van der Waals surface area contributed by atoms with Gasteiger partial charge in [-0.2, -0.15) is 0 Å². The summed E-state index contributed by atoms with van der Waals surface area (Å²) in [7, 11) is 8.59. The van der Waals surface area contributed by atoms with Gasteiger partial charge in [0.05, 0.1) is 34.0 Å². The molecular formula is C19H17Cl3FN3OS. The molecule has 0 aliphatic carbocycles. The van der Waals surface area contributed by atoms with Crippen LogP contribution in [0.15, 0.2) is 35.4 Å². The molecule has 1 aromatic carbocycles. The van der Waals surface area contributed by atoms with Gasteiger partial charge >= 0.3 is 0 Å². The molecule has 9 heteroatoms. The third-order valence-corrected chi connectivity index (χ3v) is 6.34. The van der Waals surface area contributed by atoms with Crippen LogP contribution in [0.1, 0.15) is 5.69 Å². The first-order valence-electron chi connectivity index (χ1n) is 8.71. The monoisotopic (exact) mass is 459 g/mol. The highest BCUT2D eigenvalue weighted by Gasteiger charge is 2.24. The van der Waals surface area contributed by atoms with Crippen molar-refractivity contribution >= 4 is 50.5 Å². The Morgan fingerprint density at radius 2 is 2.14 bits per heavy atom. The van der Waals surface area contributed by atoms with Crippen molar-refractivity contribution in [2.75, 3.05) is 26.7 Å². The van der Waals surface area contributed by atoms with Crippen molar-refractivity contribution in [2.24, 2.45) is 0 Å². The SMILES string of the molecule is CN1CCOC(Cc2c(-c3cc(F)c(SCl)cc3Cl)nc3cc(Cl)ccn23)C1. The summed E-state index contributed by atoms with van der Waals surface area (Å²) in [5, 5.41) is 0.970. The van der Waals surface area contributed by atoms with Crippen LogP contribution in [0.25, 0.3) is 16.9 Å². The first-order chi connectivity index (χ1) is 13.5. The first-order valence-corrected chi connectivity index (χ1v) is 11.1. The summed E-state index contributed by atoms with van der Waals surface area (Å²) in [6.07, 6.45) is 2.49. The zero-order valence-electron chi connectivity index (χ0n) is 15.0. The van der Waals surface area contributed by atoms with E-state index in [-0.39, 0.29) is 11.0 Å². The number of nitrogens with zero attached hydrogens (tertiary/aromatic N) is 3. The fourth-order valence-electron chi connectivity index (χ4n) is 3.46. The van der Waals surface area contributed by atoms with Gasteiger partial charge in [-0.1, -0.05) is 23.2 Å². The Labute approximate surface area is 181 Å². The van der Waals surface area contributed by atoms with Gasteiger partial charge in [0.25, 0.3) is 0 Å². The number of halogens is 4. The number of imidazole rings is 1. The average Bonchev–Trinajstić information content (AvgIpc) is 3.00. The minimum Gasteiger partial charge on any atom is -0.375 e. The van der Waals surface area contributed by atoms with Crippen LogP contribution < -0.4 is 0 Å². The predicted octanol–water partition coefficient (Wildman–Crippen LogP) is 5.57. The number of hydrogen-bond donors (Lipinski definition) is 0. The quantitative estimate of drug-likeness (QED) is 0.509. The largest absolute Gasteiger partial charge is 0.375 e. The zero-order valence-corrected chi connectivity index (χ0v) is 18.0. The van der Waals surface area contributed by atoms with Gasteiger partial charge in [-0.15, -0.1) is 0 Å². The summed E-state index contributed by atoms with van der Waals surface area (Å²) in [5.74, 6) is -0.436. The third-order valence-electron chi connectivity index (χ3n) is 4.81. The topological polar surface area (TPSA) is 29.8 Å². The Morgan fingerprint density at radius 3 is 2.89 bits per heavy atom. The molecule has 4 rings (SSSR count). The number of ether oxygens (including phenoxy) is 1. The van der Waals surface area contributed by atoms with Gasteiger partial charge < -0.3 is 14.0 Å². The highest BCUT2D eigenvalue weighted by atomic mass is 35.7. The molecule has 0 spiro atoms. The Morgan fingerprint density at radius 1 is 1.32 bits per heavy atom. The highest BCUT2D eigenvalue weighted by Crippen LogP contribution is 2.37. The lowest BCUT2D eigenvalue weighted by molar-refractivity contribution is -0.0190. The van der Waals surface area contributed by atoms with E-state index in [1.165, 1.54) is 12.1 Å². The van der Waals surface area contributed by atoms with E-state index in [0.29, 0.717) is 40.0 Å². The lowest BCUT2D eigenvalue weighted by Gasteiger charge is -2.30. The van der Waals surface area contributed by atoms with E-state index in [0.717, 1.165) is 29.8 Å². The molecule has 148 valence electrons. The molecule has 3 aromatic rings. The number of morpholine rings is 1. The smallest absolute Gasteiger partial charge is 0.139 e. The van der Waals surface area contributed by atoms with Crippen LogP contribution in [0.2, 0.25) is 10.0 Å². The number of fused-ring (bicyclic) bond motifs is 1. The number of likely N-dealkylation sites (N-methyl/N-ethyl adjacent to an activating group) is 1. The number of benzene rings is 1. The van der Waals surface area contributed by atoms with Crippen molar-refractivity contribution in [3.8, 4) is 11.3 Å². The molecular weight excluding hydrogens is 444 g/mol. The van der Waals surface area contributed by atoms with Crippen LogP contribution in [0.4, 0.5) is 4.39 Å². The first kappa shape index (κ1) is 20.3. The number of rotatable bonds is 4. The van der Waals surface area contributed by atoms with Crippen LogP contribution in [0.5, 0.6) is 0 Å². The molecule has 1 atom stereocenters. The molecule has 1 aliphatic rings. The second kappa shape index (κ2) is 8.38. The van der Waals surface area contributed by atoms with Gasteiger partial charge in [0.2, 0.25) is 0 Å². The van der Waals surface area contributed by atoms with Crippen LogP contribution in [-0.4, -0.2) is 47.1 Å². The molecule has 1 saturated heterocycles. The van der Waals surface area contributed by atoms with Crippen LogP contribution in [-0.2, 0) is 11.2 Å². The average molecular weight is 461 g/mol. The number of hydrogen-bond acceptors (Lipinski definition) is 4. The highest BCUT2D eigenvalue weighted by molar-refractivity contribution is 8.21. The van der Waals surface area contributed by atoms with Gasteiger partial charge in [-0.25, -0.2) is 9.37 Å². The maximum atomic E-state index is 14.4. The maximum absolute atomic E-state index is 14.4. The van der Waals surface area contributed by atoms with Crippen molar-refractivity contribution in [1.29, 1.82) is 0 Å². The molecule has 0 amide bonds. The lowest BCUT2D eigenvalue weighted by Crippen LogP contribution is -2.41. The van der Waals surface area contributed by atoms with Gasteiger partial charge in [-0.3, -0.25) is 0 Å². The summed E-state index contributed by atoms with van der Waals surface area (Å²) < 4.78 is 22.3. The molecule has 1 aliphatic heterocycles. The van der Waals surface area contributed by atoms with E-state index in [9.17, 15) is 4.39 Å². The third kappa shape index (κ3) is 3.99. The number of aromatic nitrogens is 2.